The van der Waals surface area contributed by atoms with Crippen LogP contribution in [0.3, 0.4) is 0 Å². The minimum atomic E-state index is 0.173. The van der Waals surface area contributed by atoms with Gasteiger partial charge in [-0.15, -0.1) is 0 Å². The van der Waals surface area contributed by atoms with Crippen LogP contribution in [0.1, 0.15) is 6.92 Å². The van der Waals surface area contributed by atoms with E-state index < -0.39 is 0 Å². The number of carbonyl (C=O) groups excluding carboxylic acids is 1. The number of ether oxygens (including phenoxy) is 1. The molecule has 2 heterocycles. The van der Waals surface area contributed by atoms with Gasteiger partial charge < -0.3 is 19.9 Å². The molecule has 0 aliphatic carbocycles. The second kappa shape index (κ2) is 4.81. The van der Waals surface area contributed by atoms with Gasteiger partial charge in [0.15, 0.2) is 0 Å². The molecule has 0 aromatic carbocycles. The summed E-state index contributed by atoms with van der Waals surface area (Å²) in [6.45, 7) is 7.52. The summed E-state index contributed by atoms with van der Waals surface area (Å²) in [4.78, 5) is 16.0. The van der Waals surface area contributed by atoms with Gasteiger partial charge >= 0.3 is 6.03 Å². The number of nitrogens with zero attached hydrogens (tertiary/aromatic N) is 2. The Balaban J connectivity index is 1.92. The molecule has 0 saturated carbocycles. The molecule has 0 aromatic heterocycles. The molecule has 15 heavy (non-hydrogen) atoms. The molecule has 0 radical (unpaired) electrons. The summed E-state index contributed by atoms with van der Waals surface area (Å²) in [5.74, 6) is 0. The Kier molecular flexibility index (Phi) is 3.43. The Labute approximate surface area is 90.4 Å². The molecule has 2 aliphatic rings. The first-order valence-electron chi connectivity index (χ1n) is 5.63. The number of piperazine rings is 1. The quantitative estimate of drug-likeness (QED) is 0.602. The molecule has 1 N–H and O–H groups in total. The van der Waals surface area contributed by atoms with Gasteiger partial charge in [-0.2, -0.15) is 0 Å². The van der Waals surface area contributed by atoms with E-state index >= 15 is 0 Å². The maximum atomic E-state index is 12.1. The van der Waals surface area contributed by atoms with Crippen LogP contribution < -0.4 is 5.32 Å². The van der Waals surface area contributed by atoms with Crippen LogP contribution in [0.25, 0.3) is 0 Å². The number of hydrogen-bond donors (Lipinski definition) is 1. The van der Waals surface area contributed by atoms with E-state index in [-0.39, 0.29) is 6.03 Å². The van der Waals surface area contributed by atoms with Gasteiger partial charge in [0.05, 0.1) is 13.2 Å². The minimum absolute atomic E-state index is 0.173. The second-order valence-electron chi connectivity index (χ2n) is 4.13. The van der Waals surface area contributed by atoms with E-state index in [2.05, 4.69) is 12.2 Å². The maximum absolute atomic E-state index is 12.1. The van der Waals surface area contributed by atoms with E-state index in [1.165, 1.54) is 0 Å². The summed E-state index contributed by atoms with van der Waals surface area (Å²) < 4.78 is 5.24. The monoisotopic (exact) mass is 213 g/mol. The summed E-state index contributed by atoms with van der Waals surface area (Å²) in [6.07, 6.45) is 0. The predicted molar refractivity (Wildman–Crippen MR) is 56.8 cm³/mol. The first-order chi connectivity index (χ1) is 7.29. The zero-order chi connectivity index (χ0) is 10.7. The fourth-order valence-corrected chi connectivity index (χ4v) is 2.06. The molecule has 2 amide bonds. The van der Waals surface area contributed by atoms with Gasteiger partial charge in [-0.25, -0.2) is 4.79 Å². The normalized spacial score (nSPS) is 27.9. The fraction of sp³-hybridized carbons (Fsp3) is 0.900. The van der Waals surface area contributed by atoms with Crippen molar-refractivity contribution >= 4 is 6.03 Å². The molecule has 2 aliphatic heterocycles. The molecule has 5 heteroatoms. The van der Waals surface area contributed by atoms with Crippen molar-refractivity contribution in [2.75, 3.05) is 45.9 Å². The van der Waals surface area contributed by atoms with Crippen LogP contribution in [-0.4, -0.2) is 67.8 Å². The lowest BCUT2D eigenvalue weighted by Crippen LogP contribution is -2.57. The Morgan fingerprint density at radius 2 is 2.07 bits per heavy atom. The zero-order valence-electron chi connectivity index (χ0n) is 9.24. The van der Waals surface area contributed by atoms with Crippen LogP contribution in [0.4, 0.5) is 4.79 Å². The Hall–Kier alpha value is -0.810. The van der Waals surface area contributed by atoms with Gasteiger partial charge in [0, 0.05) is 38.8 Å². The average molecular weight is 213 g/mol. The van der Waals surface area contributed by atoms with E-state index in [4.69, 9.17) is 4.74 Å². The smallest absolute Gasteiger partial charge is 0.320 e. The van der Waals surface area contributed by atoms with Crippen molar-refractivity contribution in [2.45, 2.75) is 13.0 Å². The van der Waals surface area contributed by atoms with Gasteiger partial charge in [-0.1, -0.05) is 0 Å². The van der Waals surface area contributed by atoms with Crippen LogP contribution >= 0.6 is 0 Å². The molecule has 2 rings (SSSR count). The summed E-state index contributed by atoms with van der Waals surface area (Å²) in [5.41, 5.74) is 0. The molecule has 2 fully saturated rings. The van der Waals surface area contributed by atoms with Crippen molar-refractivity contribution in [3.8, 4) is 0 Å². The first kappa shape index (κ1) is 10.7. The highest BCUT2D eigenvalue weighted by molar-refractivity contribution is 5.75. The number of morpholine rings is 1. The fourth-order valence-electron chi connectivity index (χ4n) is 2.06. The second-order valence-corrected chi connectivity index (χ2v) is 4.13. The molecule has 5 nitrogen and oxygen atoms in total. The molecule has 0 unspecified atom stereocenters. The summed E-state index contributed by atoms with van der Waals surface area (Å²) >= 11 is 0. The third kappa shape index (κ3) is 2.41. The standard InChI is InChI=1S/C10H19N3O2/c1-9-8-11-2-3-13(9)10(14)12-4-6-15-7-5-12/h9,11H,2-8H2,1H3/t9-/m0/s1. The maximum Gasteiger partial charge on any atom is 0.320 e. The molecule has 1 atom stereocenters. The highest BCUT2D eigenvalue weighted by Crippen LogP contribution is 2.08. The molecular weight excluding hydrogens is 194 g/mol. The largest absolute Gasteiger partial charge is 0.378 e. The topological polar surface area (TPSA) is 44.8 Å². The Morgan fingerprint density at radius 3 is 2.73 bits per heavy atom. The number of amides is 2. The van der Waals surface area contributed by atoms with Crippen LogP contribution in [0, 0.1) is 0 Å². The SMILES string of the molecule is C[C@H]1CNCCN1C(=O)N1CCOCC1. The summed E-state index contributed by atoms with van der Waals surface area (Å²) in [5, 5.41) is 3.29. The molecule has 0 spiro atoms. The molecule has 0 aromatic rings. The van der Waals surface area contributed by atoms with Crippen molar-refractivity contribution in [3.63, 3.8) is 0 Å². The van der Waals surface area contributed by atoms with Gasteiger partial charge in [-0.3, -0.25) is 0 Å². The molecule has 86 valence electrons. The van der Waals surface area contributed by atoms with E-state index in [0.717, 1.165) is 32.7 Å². The predicted octanol–water partition coefficient (Wildman–Crippen LogP) is -0.268. The number of nitrogens with one attached hydrogen (secondary N) is 1. The summed E-state index contributed by atoms with van der Waals surface area (Å²) in [7, 11) is 0. The van der Waals surface area contributed by atoms with E-state index in [1.54, 1.807) is 0 Å². The third-order valence-electron chi connectivity index (χ3n) is 3.03. The van der Waals surface area contributed by atoms with Gasteiger partial charge in [0.2, 0.25) is 0 Å². The number of urea groups is 1. The van der Waals surface area contributed by atoms with Gasteiger partial charge in [0.25, 0.3) is 0 Å². The van der Waals surface area contributed by atoms with Gasteiger partial charge in [-0.05, 0) is 6.92 Å². The molecular formula is C10H19N3O2. The van der Waals surface area contributed by atoms with E-state index in [0.29, 0.717) is 19.3 Å². The van der Waals surface area contributed by atoms with Crippen LogP contribution in [0.5, 0.6) is 0 Å². The summed E-state index contributed by atoms with van der Waals surface area (Å²) in [6, 6.07) is 0.474. The van der Waals surface area contributed by atoms with E-state index in [9.17, 15) is 4.79 Å². The van der Waals surface area contributed by atoms with Crippen molar-refractivity contribution in [3.05, 3.63) is 0 Å². The minimum Gasteiger partial charge on any atom is -0.378 e. The highest BCUT2D eigenvalue weighted by atomic mass is 16.5. The highest BCUT2D eigenvalue weighted by Gasteiger charge is 2.27. The van der Waals surface area contributed by atoms with Crippen molar-refractivity contribution in [2.24, 2.45) is 0 Å². The van der Waals surface area contributed by atoms with Crippen LogP contribution in [0.15, 0.2) is 0 Å². The van der Waals surface area contributed by atoms with Gasteiger partial charge in [0.1, 0.15) is 0 Å². The number of hydrogen-bond acceptors (Lipinski definition) is 3. The van der Waals surface area contributed by atoms with Crippen LogP contribution in [-0.2, 0) is 4.74 Å². The lowest BCUT2D eigenvalue weighted by Gasteiger charge is -2.38. The van der Waals surface area contributed by atoms with E-state index in [1.807, 2.05) is 9.80 Å². The number of rotatable bonds is 0. The van der Waals surface area contributed by atoms with Crippen molar-refractivity contribution in [1.82, 2.24) is 15.1 Å². The Bertz CT molecular complexity index is 229. The Morgan fingerprint density at radius 1 is 1.33 bits per heavy atom. The zero-order valence-corrected chi connectivity index (χ0v) is 9.24. The first-order valence-corrected chi connectivity index (χ1v) is 5.63. The van der Waals surface area contributed by atoms with Crippen molar-refractivity contribution in [1.29, 1.82) is 0 Å². The lowest BCUT2D eigenvalue weighted by atomic mass is 10.2. The number of carbonyl (C=O) groups is 1. The average Bonchev–Trinajstić information content (AvgIpc) is 2.30. The third-order valence-corrected chi connectivity index (χ3v) is 3.03. The van der Waals surface area contributed by atoms with Crippen molar-refractivity contribution < 1.29 is 9.53 Å². The van der Waals surface area contributed by atoms with Crippen LogP contribution in [0.2, 0.25) is 0 Å². The molecule has 2 saturated heterocycles. The lowest BCUT2D eigenvalue weighted by molar-refractivity contribution is 0.0380. The molecule has 0 bridgehead atoms.